The lowest BCUT2D eigenvalue weighted by Crippen LogP contribution is -2.14. The van der Waals surface area contributed by atoms with E-state index in [2.05, 4.69) is 15.3 Å². The number of rotatable bonds is 3. The molecule has 0 aliphatic heterocycles. The van der Waals surface area contributed by atoms with Crippen molar-refractivity contribution in [3.63, 3.8) is 0 Å². The van der Waals surface area contributed by atoms with Gasteiger partial charge in [-0.05, 0) is 32.0 Å². The molecule has 1 aromatic carbocycles. The van der Waals surface area contributed by atoms with Gasteiger partial charge >= 0.3 is 0 Å². The fraction of sp³-hybridized carbons (Fsp3) is 0.167. The standard InChI is InChI=1S/C18H15ClFN3O2/c1-9(10(2)20)18(24)23-17-5-4-12(8-21-17)13-6-15-16(7-14(13)19)25-11(3)22-15/h4-8H,1-3H3,(H,21,23,24). The van der Waals surface area contributed by atoms with E-state index in [1.165, 1.54) is 13.8 Å². The Balaban J connectivity index is 1.89. The zero-order valence-electron chi connectivity index (χ0n) is 13.9. The zero-order valence-corrected chi connectivity index (χ0v) is 14.6. The lowest BCUT2D eigenvalue weighted by Gasteiger charge is -2.07. The number of halogens is 2. The number of carbonyl (C=O) groups is 1. The van der Waals surface area contributed by atoms with Crippen molar-refractivity contribution in [1.29, 1.82) is 0 Å². The van der Waals surface area contributed by atoms with Gasteiger partial charge in [-0.1, -0.05) is 11.6 Å². The van der Waals surface area contributed by atoms with Gasteiger partial charge in [-0.15, -0.1) is 0 Å². The summed E-state index contributed by atoms with van der Waals surface area (Å²) in [5.41, 5.74) is 2.85. The van der Waals surface area contributed by atoms with Gasteiger partial charge in [0.25, 0.3) is 5.91 Å². The highest BCUT2D eigenvalue weighted by Gasteiger charge is 2.12. The Hall–Kier alpha value is -2.73. The highest BCUT2D eigenvalue weighted by atomic mass is 35.5. The van der Waals surface area contributed by atoms with E-state index in [1.54, 1.807) is 31.3 Å². The van der Waals surface area contributed by atoms with Crippen LogP contribution < -0.4 is 5.32 Å². The summed E-state index contributed by atoms with van der Waals surface area (Å²) in [6, 6.07) is 6.93. The molecule has 128 valence electrons. The molecule has 25 heavy (non-hydrogen) atoms. The van der Waals surface area contributed by atoms with Gasteiger partial charge in [0.05, 0.1) is 5.02 Å². The fourth-order valence-electron chi connectivity index (χ4n) is 2.28. The van der Waals surface area contributed by atoms with Crippen molar-refractivity contribution in [2.75, 3.05) is 5.32 Å². The van der Waals surface area contributed by atoms with Crippen LogP contribution >= 0.6 is 11.6 Å². The van der Waals surface area contributed by atoms with Crippen LogP contribution in [0.3, 0.4) is 0 Å². The maximum Gasteiger partial charge on any atom is 0.255 e. The third kappa shape index (κ3) is 3.53. The van der Waals surface area contributed by atoms with E-state index in [4.69, 9.17) is 16.0 Å². The molecule has 3 rings (SSSR count). The topological polar surface area (TPSA) is 68.0 Å². The van der Waals surface area contributed by atoms with Crippen LogP contribution in [0.15, 0.2) is 46.3 Å². The summed E-state index contributed by atoms with van der Waals surface area (Å²) in [4.78, 5) is 20.3. The molecule has 7 heteroatoms. The zero-order chi connectivity index (χ0) is 18.1. The van der Waals surface area contributed by atoms with Crippen LogP contribution in [0.5, 0.6) is 0 Å². The first kappa shape index (κ1) is 17.1. The molecule has 2 heterocycles. The third-order valence-electron chi connectivity index (χ3n) is 3.76. The molecular weight excluding hydrogens is 345 g/mol. The molecule has 0 bridgehead atoms. The fourth-order valence-corrected chi connectivity index (χ4v) is 2.54. The van der Waals surface area contributed by atoms with Gasteiger partial charge in [-0.25, -0.2) is 14.4 Å². The minimum atomic E-state index is -0.530. The summed E-state index contributed by atoms with van der Waals surface area (Å²) in [5.74, 6) is -0.176. The van der Waals surface area contributed by atoms with E-state index >= 15 is 0 Å². The SMILES string of the molecule is CC(F)=C(C)C(=O)Nc1ccc(-c2cc3nc(C)oc3cc2Cl)cn1. The van der Waals surface area contributed by atoms with Crippen molar-refractivity contribution in [1.82, 2.24) is 9.97 Å². The van der Waals surface area contributed by atoms with Crippen molar-refractivity contribution in [2.24, 2.45) is 0 Å². The highest BCUT2D eigenvalue weighted by molar-refractivity contribution is 6.34. The number of nitrogens with zero attached hydrogens (tertiary/aromatic N) is 2. The van der Waals surface area contributed by atoms with Gasteiger partial charge in [0.2, 0.25) is 0 Å². The first-order valence-electron chi connectivity index (χ1n) is 7.52. The monoisotopic (exact) mass is 359 g/mol. The molecule has 0 saturated carbocycles. The first-order valence-corrected chi connectivity index (χ1v) is 7.90. The Labute approximate surface area is 148 Å². The van der Waals surface area contributed by atoms with Crippen LogP contribution in [0.2, 0.25) is 5.02 Å². The third-order valence-corrected chi connectivity index (χ3v) is 4.07. The van der Waals surface area contributed by atoms with Crippen LogP contribution in [-0.2, 0) is 4.79 Å². The Bertz CT molecular complexity index is 989. The number of benzene rings is 1. The number of nitrogens with one attached hydrogen (secondary N) is 1. The molecule has 0 atom stereocenters. The number of aromatic nitrogens is 2. The van der Waals surface area contributed by atoms with Crippen LogP contribution in [0.25, 0.3) is 22.2 Å². The highest BCUT2D eigenvalue weighted by Crippen LogP contribution is 2.32. The van der Waals surface area contributed by atoms with Gasteiger partial charge in [0.1, 0.15) is 17.2 Å². The van der Waals surface area contributed by atoms with Gasteiger partial charge in [0, 0.05) is 35.9 Å². The molecule has 3 aromatic rings. The summed E-state index contributed by atoms with van der Waals surface area (Å²) < 4.78 is 18.5. The smallest absolute Gasteiger partial charge is 0.255 e. The number of hydrogen-bond acceptors (Lipinski definition) is 4. The number of oxazole rings is 1. The molecule has 0 fully saturated rings. The Kier molecular flexibility index (Phi) is 4.55. The minimum Gasteiger partial charge on any atom is -0.441 e. The van der Waals surface area contributed by atoms with Crippen LogP contribution in [0.4, 0.5) is 10.2 Å². The average Bonchev–Trinajstić information content (AvgIpc) is 2.93. The van der Waals surface area contributed by atoms with E-state index in [0.717, 1.165) is 11.1 Å². The van der Waals surface area contributed by atoms with E-state index < -0.39 is 11.7 Å². The molecule has 2 aromatic heterocycles. The van der Waals surface area contributed by atoms with E-state index in [0.29, 0.717) is 27.8 Å². The first-order chi connectivity index (χ1) is 11.8. The molecule has 0 aliphatic rings. The van der Waals surface area contributed by atoms with Crippen LogP contribution in [-0.4, -0.2) is 15.9 Å². The largest absolute Gasteiger partial charge is 0.441 e. The second kappa shape index (κ2) is 6.64. The molecule has 0 radical (unpaired) electrons. The maximum atomic E-state index is 13.1. The molecule has 0 aliphatic carbocycles. The second-order valence-corrected chi connectivity index (χ2v) is 5.98. The number of allylic oxidation sites excluding steroid dienone is 1. The normalized spacial score (nSPS) is 12.2. The van der Waals surface area contributed by atoms with Crippen molar-refractivity contribution in [3.8, 4) is 11.1 Å². The molecule has 1 N–H and O–H groups in total. The number of anilines is 1. The summed E-state index contributed by atoms with van der Waals surface area (Å²) >= 11 is 6.31. The number of hydrogen-bond donors (Lipinski definition) is 1. The predicted octanol–water partition coefficient (Wildman–Crippen LogP) is 5.05. The lowest BCUT2D eigenvalue weighted by atomic mass is 10.1. The Morgan fingerprint density at radius 2 is 2.04 bits per heavy atom. The number of amides is 1. The number of aryl methyl sites for hydroxylation is 1. The molecular formula is C18H15ClFN3O2. The van der Waals surface area contributed by atoms with Gasteiger partial charge in [-0.3, -0.25) is 4.79 Å². The van der Waals surface area contributed by atoms with Gasteiger partial charge in [-0.2, -0.15) is 0 Å². The van der Waals surface area contributed by atoms with Gasteiger partial charge in [0.15, 0.2) is 11.5 Å². The van der Waals surface area contributed by atoms with Crippen LogP contribution in [0.1, 0.15) is 19.7 Å². The maximum absolute atomic E-state index is 13.1. The number of pyridine rings is 1. The molecule has 1 amide bonds. The minimum absolute atomic E-state index is 0.0146. The Morgan fingerprint density at radius 1 is 1.28 bits per heavy atom. The Morgan fingerprint density at radius 3 is 2.68 bits per heavy atom. The molecule has 0 unspecified atom stereocenters. The second-order valence-electron chi connectivity index (χ2n) is 5.58. The average molecular weight is 360 g/mol. The summed E-state index contributed by atoms with van der Waals surface area (Å²) in [7, 11) is 0. The molecule has 0 spiro atoms. The molecule has 0 saturated heterocycles. The quantitative estimate of drug-likeness (QED) is 0.664. The van der Waals surface area contributed by atoms with E-state index in [-0.39, 0.29) is 5.57 Å². The van der Waals surface area contributed by atoms with E-state index in [9.17, 15) is 9.18 Å². The van der Waals surface area contributed by atoms with E-state index in [1.807, 2.05) is 6.07 Å². The van der Waals surface area contributed by atoms with Gasteiger partial charge < -0.3 is 9.73 Å². The number of fused-ring (bicyclic) bond motifs is 1. The number of carbonyl (C=O) groups excluding carboxylic acids is 1. The summed E-state index contributed by atoms with van der Waals surface area (Å²) in [6.07, 6.45) is 1.58. The van der Waals surface area contributed by atoms with Crippen molar-refractivity contribution in [2.45, 2.75) is 20.8 Å². The predicted molar refractivity (Wildman–Crippen MR) is 95.1 cm³/mol. The van der Waals surface area contributed by atoms with Crippen molar-refractivity contribution >= 4 is 34.4 Å². The molecule has 5 nitrogen and oxygen atoms in total. The van der Waals surface area contributed by atoms with Crippen molar-refractivity contribution < 1.29 is 13.6 Å². The van der Waals surface area contributed by atoms with Crippen molar-refractivity contribution in [3.05, 3.63) is 52.8 Å². The van der Waals surface area contributed by atoms with Crippen LogP contribution in [0, 0.1) is 6.92 Å². The summed E-state index contributed by atoms with van der Waals surface area (Å²) in [5, 5.41) is 3.05. The lowest BCUT2D eigenvalue weighted by molar-refractivity contribution is -0.112. The summed E-state index contributed by atoms with van der Waals surface area (Å²) in [6.45, 7) is 4.41.